The number of alkyl carbamates (subject to hydrolysis) is 1. The number of phenolic OH excluding ortho intramolecular Hbond substituents is 1. The van der Waals surface area contributed by atoms with Gasteiger partial charge in [0.1, 0.15) is 37.8 Å². The second kappa shape index (κ2) is 31.3. The fraction of sp³-hybridized carbons (Fsp3) is 0.516. The van der Waals surface area contributed by atoms with Crippen molar-refractivity contribution >= 4 is 58.3 Å². The molecule has 3 aliphatic heterocycles. The molecule has 25 heteroatoms. The standard InChI is InChI=1S/C27H42N6O8.C27H27N3O8.C8H10/c1-19-13-25(36)33(27(19)38)15-21-3-5-22(6-4-21)26(37)29-14-23-16-32(31-30-23)8-10-40-12-11-39-9-7-28-24(35)18-41-17-20(2)34;1-4-15-16-9-14(31)7-8-20(16)29-23-17(15)12-30-21(23)10-19-18(24(30)33)13-37-25(34)27(19,5-2)38-22(32)11-28-26(35)36-6-3;1-7-3-5-8(2)6-4-7/h16,19,21-22H,3-15,17-18H2,1-2H3,(H,28,35)(H,29,37);7-10,31H,4-6,11-13H2,1-3H3,(H,28,35);3-6H,1-2H3/t;27-;/m.0./s1. The van der Waals surface area contributed by atoms with Crippen LogP contribution < -0.4 is 21.5 Å². The molecule has 6 heterocycles. The van der Waals surface area contributed by atoms with Gasteiger partial charge in [0.25, 0.3) is 5.56 Å². The Kier molecular flexibility index (Phi) is 23.8. The number of Topliss-reactive ketones (excluding diaryl/α,β-unsaturated/α-hetero) is 1. The lowest BCUT2D eigenvalue weighted by atomic mass is 9.81. The highest BCUT2D eigenvalue weighted by Gasteiger charge is 2.50. The number of cyclic esters (lactones) is 1. The molecule has 25 nitrogen and oxygen atoms in total. The number of aromatic hydroxyl groups is 1. The van der Waals surface area contributed by atoms with E-state index in [-0.39, 0.29) is 109 Å². The molecule has 4 N–H and O–H groups in total. The summed E-state index contributed by atoms with van der Waals surface area (Å²) in [5, 5.41) is 26.9. The number of hydrogen-bond donors (Lipinski definition) is 4. The van der Waals surface area contributed by atoms with Crippen molar-refractivity contribution in [2.24, 2.45) is 17.8 Å². The van der Waals surface area contributed by atoms with Gasteiger partial charge in [-0.05, 0) is 102 Å². The molecular weight excluding hydrogens is 1130 g/mol. The second-order valence-corrected chi connectivity index (χ2v) is 21.9. The summed E-state index contributed by atoms with van der Waals surface area (Å²) in [7, 11) is 0. The fourth-order valence-corrected chi connectivity index (χ4v) is 10.7. The van der Waals surface area contributed by atoms with Gasteiger partial charge in [0.2, 0.25) is 29.2 Å². The maximum Gasteiger partial charge on any atom is 0.407 e. The van der Waals surface area contributed by atoms with E-state index in [4.69, 9.17) is 33.4 Å². The summed E-state index contributed by atoms with van der Waals surface area (Å²) in [5.41, 5.74) is 5.13. The Bertz CT molecular complexity index is 3330. The van der Waals surface area contributed by atoms with Crippen molar-refractivity contribution in [1.29, 1.82) is 0 Å². The SMILES string of the molecule is CC(=O)COCC(=O)NCCOCCOCCn1cc(CNC(=O)C2CCC(CN3C(=O)CC(C)C3=O)CC2)nn1.CCOC(=O)NCC(=O)O[C@]1(CC)C(=O)OCc2c1cc1n(c2=O)Cc2c-1nc1ccc(O)cc1c2CC.Cc1ccc(C)cc1. The summed E-state index contributed by atoms with van der Waals surface area (Å²) in [5.74, 6) is -2.21. The van der Waals surface area contributed by atoms with Gasteiger partial charge in [-0.15, -0.1) is 5.10 Å². The molecule has 1 saturated heterocycles. The largest absolute Gasteiger partial charge is 0.508 e. The van der Waals surface area contributed by atoms with Crippen LogP contribution in [-0.4, -0.2) is 148 Å². The molecule has 9 rings (SSSR count). The van der Waals surface area contributed by atoms with Crippen LogP contribution in [0.2, 0.25) is 0 Å². The minimum absolute atomic E-state index is 0.00433. The summed E-state index contributed by atoms with van der Waals surface area (Å²) in [6.45, 7) is 15.1. The predicted octanol–water partition coefficient (Wildman–Crippen LogP) is 4.80. The summed E-state index contributed by atoms with van der Waals surface area (Å²) >= 11 is 0. The van der Waals surface area contributed by atoms with Gasteiger partial charge in [-0.25, -0.2) is 19.3 Å². The number of esters is 2. The number of hydrogen-bond acceptors (Lipinski definition) is 19. The molecular formula is C62H79N9O16. The third kappa shape index (κ3) is 17.4. The lowest BCUT2D eigenvalue weighted by Crippen LogP contribution is -2.48. The van der Waals surface area contributed by atoms with Gasteiger partial charge in [-0.1, -0.05) is 61.4 Å². The van der Waals surface area contributed by atoms with E-state index in [0.29, 0.717) is 88.0 Å². The van der Waals surface area contributed by atoms with Crippen LogP contribution in [-0.2, 0) is 100 Å². The van der Waals surface area contributed by atoms with Gasteiger partial charge in [-0.2, -0.15) is 0 Å². The smallest absolute Gasteiger partial charge is 0.407 e. The fourth-order valence-electron chi connectivity index (χ4n) is 10.7. The number of fused-ring (bicyclic) bond motifs is 5. The van der Waals surface area contributed by atoms with Crippen LogP contribution in [0.3, 0.4) is 0 Å². The predicted molar refractivity (Wildman–Crippen MR) is 314 cm³/mol. The van der Waals surface area contributed by atoms with Gasteiger partial charge in [0.15, 0.2) is 5.78 Å². The van der Waals surface area contributed by atoms with E-state index in [1.165, 1.54) is 23.0 Å². The highest BCUT2D eigenvalue weighted by atomic mass is 16.6. The first-order valence-corrected chi connectivity index (χ1v) is 29.5. The van der Waals surface area contributed by atoms with Gasteiger partial charge >= 0.3 is 18.0 Å². The molecule has 2 aromatic carbocycles. The summed E-state index contributed by atoms with van der Waals surface area (Å²) < 4.78 is 34.8. The Balaban J connectivity index is 0.000000220. The van der Waals surface area contributed by atoms with E-state index in [1.54, 1.807) is 60.5 Å². The topological polar surface area (TPSA) is 317 Å². The van der Waals surface area contributed by atoms with Crippen LogP contribution in [0.15, 0.2) is 59.5 Å². The highest BCUT2D eigenvalue weighted by Crippen LogP contribution is 2.42. The number of amides is 5. The van der Waals surface area contributed by atoms with E-state index < -0.39 is 30.2 Å². The first-order valence-electron chi connectivity index (χ1n) is 29.5. The Labute approximate surface area is 504 Å². The molecule has 87 heavy (non-hydrogen) atoms. The Hall–Kier alpha value is -8.42. The number of nitrogens with zero attached hydrogens (tertiary/aromatic N) is 6. The molecule has 0 radical (unpaired) electrons. The molecule has 3 aromatic heterocycles. The summed E-state index contributed by atoms with van der Waals surface area (Å²) in [4.78, 5) is 116. The third-order valence-electron chi connectivity index (χ3n) is 15.4. The van der Waals surface area contributed by atoms with E-state index >= 15 is 0 Å². The Morgan fingerprint density at radius 1 is 0.839 bits per heavy atom. The van der Waals surface area contributed by atoms with Crippen molar-refractivity contribution in [3.63, 3.8) is 0 Å². The van der Waals surface area contributed by atoms with Crippen LogP contribution in [0.5, 0.6) is 5.75 Å². The number of imide groups is 1. The first-order chi connectivity index (χ1) is 41.7. The normalized spacial score (nSPS) is 18.2. The molecule has 0 bridgehead atoms. The lowest BCUT2D eigenvalue weighted by Gasteiger charge is -2.35. The second-order valence-electron chi connectivity index (χ2n) is 21.9. The number of ketones is 1. The van der Waals surface area contributed by atoms with E-state index in [0.717, 1.165) is 42.2 Å². The van der Waals surface area contributed by atoms with E-state index in [9.17, 15) is 48.3 Å². The summed E-state index contributed by atoms with van der Waals surface area (Å²) in [6.07, 6.45) is 5.04. The van der Waals surface area contributed by atoms with Crippen molar-refractivity contribution in [3.05, 3.63) is 104 Å². The van der Waals surface area contributed by atoms with Crippen LogP contribution in [0, 0.1) is 31.6 Å². The Morgan fingerprint density at radius 3 is 2.21 bits per heavy atom. The average molecular weight is 1210 g/mol. The number of pyridine rings is 2. The minimum atomic E-state index is -1.87. The lowest BCUT2D eigenvalue weighted by molar-refractivity contribution is -0.188. The number of benzene rings is 2. The number of likely N-dealkylation sites (tertiary alicyclic amines) is 1. The van der Waals surface area contributed by atoms with Crippen LogP contribution >= 0.6 is 0 Å². The van der Waals surface area contributed by atoms with Crippen LogP contribution in [0.1, 0.15) is 112 Å². The van der Waals surface area contributed by atoms with Crippen molar-refractivity contribution < 1.29 is 71.9 Å². The molecule has 468 valence electrons. The number of ether oxygens (including phenoxy) is 6. The van der Waals surface area contributed by atoms with Gasteiger partial charge in [0, 0.05) is 47.9 Å². The molecule has 5 aromatic rings. The molecule has 1 aliphatic carbocycles. The van der Waals surface area contributed by atoms with Crippen molar-refractivity contribution in [3.8, 4) is 17.1 Å². The third-order valence-corrected chi connectivity index (χ3v) is 15.4. The van der Waals surface area contributed by atoms with Gasteiger partial charge in [-0.3, -0.25) is 38.5 Å². The molecule has 0 spiro atoms. The average Bonchev–Trinajstić information content (AvgIpc) is 1.71. The van der Waals surface area contributed by atoms with Crippen molar-refractivity contribution in [1.82, 2.24) is 45.4 Å². The highest BCUT2D eigenvalue weighted by molar-refractivity contribution is 6.03. The van der Waals surface area contributed by atoms with E-state index in [2.05, 4.69) is 64.4 Å². The monoisotopic (exact) mass is 1210 g/mol. The molecule has 4 aliphatic rings. The van der Waals surface area contributed by atoms with Crippen molar-refractivity contribution in [2.45, 2.75) is 125 Å². The quantitative estimate of drug-likeness (QED) is 0.0274. The number of carbonyl (C=O) groups is 8. The number of rotatable bonds is 24. The first kappa shape index (κ1) is 66.1. The number of aromatic nitrogens is 5. The summed E-state index contributed by atoms with van der Waals surface area (Å²) in [6, 6.07) is 15.1. The number of carbonyl (C=O) groups excluding carboxylic acids is 8. The van der Waals surface area contributed by atoms with E-state index in [1.807, 2.05) is 6.92 Å². The number of aryl methyl sites for hydroxylation is 3. The zero-order valence-corrected chi connectivity index (χ0v) is 50.5. The molecule has 2 atom stereocenters. The number of phenols is 1. The zero-order chi connectivity index (χ0) is 62.8. The molecule has 2 fully saturated rings. The molecule has 1 unspecified atom stereocenters. The number of nitrogens with one attached hydrogen (secondary N) is 3. The van der Waals surface area contributed by atoms with Gasteiger partial charge in [0.05, 0.1) is 81.3 Å². The Morgan fingerprint density at radius 2 is 1.55 bits per heavy atom. The molecule has 5 amide bonds. The maximum absolute atomic E-state index is 13.7. The zero-order valence-electron chi connectivity index (χ0n) is 50.5. The maximum atomic E-state index is 13.7. The van der Waals surface area contributed by atoms with Gasteiger partial charge < -0.3 is 54.0 Å². The van der Waals surface area contributed by atoms with Crippen LogP contribution in [0.4, 0.5) is 4.79 Å². The minimum Gasteiger partial charge on any atom is -0.508 e. The molecule has 1 saturated carbocycles. The van der Waals surface area contributed by atoms with Crippen molar-refractivity contribution in [2.75, 3.05) is 65.9 Å². The van der Waals surface area contributed by atoms with Crippen LogP contribution in [0.25, 0.3) is 22.3 Å².